The van der Waals surface area contributed by atoms with Gasteiger partial charge < -0.3 is 10.0 Å². The molecule has 6 heteroatoms. The minimum absolute atomic E-state index is 0.0982. The van der Waals surface area contributed by atoms with Gasteiger partial charge in [-0.25, -0.2) is 0 Å². The molecule has 0 spiro atoms. The predicted molar refractivity (Wildman–Crippen MR) is 112 cm³/mol. The summed E-state index contributed by atoms with van der Waals surface area (Å²) in [4.78, 5) is 27.2. The molecule has 158 valence electrons. The molecule has 0 heterocycles. The Balaban J connectivity index is 1.31. The van der Waals surface area contributed by atoms with Crippen LogP contribution in [0.4, 0.5) is 5.69 Å². The Bertz CT molecular complexity index is 758. The van der Waals surface area contributed by atoms with Crippen LogP contribution < -0.4 is 15.8 Å². The largest absolute Gasteiger partial charge is 0.390 e. The maximum Gasteiger partial charge on any atom is 0.269 e. The molecule has 0 radical (unpaired) electrons. The molecule has 6 nitrogen and oxygen atoms in total. The number of hydrogen-bond donors (Lipinski definition) is 3. The Morgan fingerprint density at radius 1 is 1.03 bits per heavy atom. The second-order valence-corrected chi connectivity index (χ2v) is 9.58. The summed E-state index contributed by atoms with van der Waals surface area (Å²) in [5.41, 5.74) is 6.08. The van der Waals surface area contributed by atoms with E-state index in [0.717, 1.165) is 50.9 Å². The first-order valence-electron chi connectivity index (χ1n) is 11.0. The first-order valence-corrected chi connectivity index (χ1v) is 11.0. The number of carbonyl (C=O) groups is 2. The molecule has 1 aromatic carbocycles. The lowest BCUT2D eigenvalue weighted by molar-refractivity contribution is -0.169. The summed E-state index contributed by atoms with van der Waals surface area (Å²) in [5, 5.41) is 10.8. The first kappa shape index (κ1) is 20.2. The van der Waals surface area contributed by atoms with E-state index in [2.05, 4.69) is 29.6 Å². The predicted octanol–water partition coefficient (Wildman–Crippen LogP) is 3.02. The number of carbonyl (C=O) groups excluding carboxylic acids is 2. The third-order valence-corrected chi connectivity index (χ3v) is 7.26. The Morgan fingerprint density at radius 2 is 1.66 bits per heavy atom. The van der Waals surface area contributed by atoms with Crippen molar-refractivity contribution in [3.8, 4) is 0 Å². The fourth-order valence-corrected chi connectivity index (χ4v) is 6.60. The SMILES string of the molecule is CCN(CC)c1ccc(C(=O)NNC(=O)CC23C[C@@H]4C[C@@H](CC(O)(C4)C2)C3)cc1. The number of hydrazine groups is 1. The number of amides is 2. The number of nitrogens with zero attached hydrogens (tertiary/aromatic N) is 1. The molecule has 1 aromatic rings. The van der Waals surface area contributed by atoms with Gasteiger partial charge in [-0.1, -0.05) is 0 Å². The monoisotopic (exact) mass is 399 g/mol. The van der Waals surface area contributed by atoms with Gasteiger partial charge in [0.1, 0.15) is 0 Å². The second-order valence-electron chi connectivity index (χ2n) is 9.58. The molecule has 4 fully saturated rings. The number of rotatable bonds is 6. The Morgan fingerprint density at radius 3 is 2.21 bits per heavy atom. The van der Waals surface area contributed by atoms with E-state index in [1.165, 1.54) is 6.42 Å². The van der Waals surface area contributed by atoms with Crippen LogP contribution in [0, 0.1) is 17.3 Å². The van der Waals surface area contributed by atoms with Gasteiger partial charge in [-0.3, -0.25) is 20.4 Å². The van der Waals surface area contributed by atoms with Crippen molar-refractivity contribution >= 4 is 17.5 Å². The van der Waals surface area contributed by atoms with Crippen molar-refractivity contribution in [2.24, 2.45) is 17.3 Å². The van der Waals surface area contributed by atoms with Crippen molar-refractivity contribution in [2.45, 2.75) is 64.4 Å². The first-order chi connectivity index (χ1) is 13.8. The van der Waals surface area contributed by atoms with Gasteiger partial charge in [-0.15, -0.1) is 0 Å². The molecule has 0 saturated heterocycles. The zero-order chi connectivity index (χ0) is 20.6. The molecule has 4 saturated carbocycles. The molecule has 3 N–H and O–H groups in total. The van der Waals surface area contributed by atoms with Gasteiger partial charge in [0, 0.05) is 30.8 Å². The second kappa shape index (κ2) is 7.63. The maximum atomic E-state index is 12.6. The average molecular weight is 400 g/mol. The van der Waals surface area contributed by atoms with E-state index in [0.29, 0.717) is 23.8 Å². The zero-order valence-electron chi connectivity index (χ0n) is 17.5. The van der Waals surface area contributed by atoms with Crippen LogP contribution in [-0.2, 0) is 4.79 Å². The summed E-state index contributed by atoms with van der Waals surface area (Å²) in [5.74, 6) is 0.623. The van der Waals surface area contributed by atoms with Gasteiger partial charge in [0.2, 0.25) is 5.91 Å². The smallest absolute Gasteiger partial charge is 0.269 e. The standard InChI is InChI=1S/C23H33N3O3/c1-3-26(4-2)19-7-5-18(6-8-19)21(28)25-24-20(27)14-22-10-16-9-17(11-22)13-23(29,12-16)15-22/h5-8,16-17,29H,3-4,9-15H2,1-2H3,(H,24,27)(H,25,28)/t16-,17+,22?,23?. The minimum atomic E-state index is -0.569. The summed E-state index contributed by atoms with van der Waals surface area (Å²) in [6.07, 6.45) is 6.15. The topological polar surface area (TPSA) is 81.7 Å². The Kier molecular flexibility index (Phi) is 5.32. The van der Waals surface area contributed by atoms with Gasteiger partial charge >= 0.3 is 0 Å². The molecular weight excluding hydrogens is 366 g/mol. The number of aliphatic hydroxyl groups is 1. The lowest BCUT2D eigenvalue weighted by Gasteiger charge is -2.60. The molecule has 2 amide bonds. The van der Waals surface area contributed by atoms with Crippen LogP contribution in [0.1, 0.15) is 69.2 Å². The van der Waals surface area contributed by atoms with E-state index in [-0.39, 0.29) is 17.2 Å². The van der Waals surface area contributed by atoms with Crippen molar-refractivity contribution in [1.82, 2.24) is 10.9 Å². The third kappa shape index (κ3) is 4.13. The summed E-state index contributed by atoms with van der Waals surface area (Å²) in [6, 6.07) is 7.42. The molecule has 2 unspecified atom stereocenters. The lowest BCUT2D eigenvalue weighted by Crippen LogP contribution is -2.57. The molecule has 29 heavy (non-hydrogen) atoms. The van der Waals surface area contributed by atoms with E-state index >= 15 is 0 Å². The number of nitrogens with one attached hydrogen (secondary N) is 2. The van der Waals surface area contributed by atoms with Gasteiger partial charge in [0.05, 0.1) is 5.60 Å². The maximum absolute atomic E-state index is 12.6. The van der Waals surface area contributed by atoms with Crippen molar-refractivity contribution in [2.75, 3.05) is 18.0 Å². The van der Waals surface area contributed by atoms with E-state index in [9.17, 15) is 14.7 Å². The summed E-state index contributed by atoms with van der Waals surface area (Å²) >= 11 is 0. The molecule has 4 atom stereocenters. The van der Waals surface area contributed by atoms with Gasteiger partial charge in [-0.05, 0) is 93.9 Å². The molecule has 4 aliphatic rings. The summed E-state index contributed by atoms with van der Waals surface area (Å²) in [6.45, 7) is 6.03. The van der Waals surface area contributed by atoms with Crippen LogP contribution in [0.15, 0.2) is 24.3 Å². The highest BCUT2D eigenvalue weighted by atomic mass is 16.3. The number of anilines is 1. The van der Waals surface area contributed by atoms with Crippen LogP contribution in [-0.4, -0.2) is 35.6 Å². The highest BCUT2D eigenvalue weighted by molar-refractivity contribution is 5.95. The van der Waals surface area contributed by atoms with Gasteiger partial charge in [-0.2, -0.15) is 0 Å². The number of hydrogen-bond acceptors (Lipinski definition) is 4. The summed E-state index contributed by atoms with van der Waals surface area (Å²) < 4.78 is 0. The minimum Gasteiger partial charge on any atom is -0.390 e. The Hall–Kier alpha value is -2.08. The van der Waals surface area contributed by atoms with Crippen molar-refractivity contribution in [1.29, 1.82) is 0 Å². The van der Waals surface area contributed by atoms with Crippen molar-refractivity contribution in [3.63, 3.8) is 0 Å². The van der Waals surface area contributed by atoms with E-state index in [4.69, 9.17) is 0 Å². The molecule has 0 aromatic heterocycles. The lowest BCUT2D eigenvalue weighted by atomic mass is 9.47. The quantitative estimate of drug-likeness (QED) is 0.642. The van der Waals surface area contributed by atoms with Crippen LogP contribution in [0.2, 0.25) is 0 Å². The highest BCUT2D eigenvalue weighted by Crippen LogP contribution is 2.62. The van der Waals surface area contributed by atoms with E-state index in [1.807, 2.05) is 12.1 Å². The Labute approximate surface area is 173 Å². The average Bonchev–Trinajstić information content (AvgIpc) is 2.65. The van der Waals surface area contributed by atoms with Crippen molar-refractivity contribution in [3.05, 3.63) is 29.8 Å². The summed E-state index contributed by atoms with van der Waals surface area (Å²) in [7, 11) is 0. The van der Waals surface area contributed by atoms with E-state index in [1.54, 1.807) is 12.1 Å². The van der Waals surface area contributed by atoms with Crippen LogP contribution in [0.25, 0.3) is 0 Å². The fraction of sp³-hybridized carbons (Fsp3) is 0.652. The molecule has 4 aliphatic carbocycles. The zero-order valence-corrected chi connectivity index (χ0v) is 17.5. The van der Waals surface area contributed by atoms with Crippen LogP contribution in [0.5, 0.6) is 0 Å². The van der Waals surface area contributed by atoms with E-state index < -0.39 is 5.60 Å². The highest BCUT2D eigenvalue weighted by Gasteiger charge is 2.57. The van der Waals surface area contributed by atoms with Gasteiger partial charge in [0.25, 0.3) is 5.91 Å². The fourth-order valence-electron chi connectivity index (χ4n) is 6.60. The molecular formula is C23H33N3O3. The van der Waals surface area contributed by atoms with Crippen LogP contribution in [0.3, 0.4) is 0 Å². The molecule has 4 bridgehead atoms. The molecule has 5 rings (SSSR count). The van der Waals surface area contributed by atoms with Crippen LogP contribution >= 0.6 is 0 Å². The molecule has 0 aliphatic heterocycles. The van der Waals surface area contributed by atoms with Gasteiger partial charge in [0.15, 0.2) is 0 Å². The number of benzene rings is 1. The normalized spacial score (nSPS) is 32.1. The third-order valence-electron chi connectivity index (χ3n) is 7.26. The van der Waals surface area contributed by atoms with Crippen molar-refractivity contribution < 1.29 is 14.7 Å².